The topological polar surface area (TPSA) is 46.4 Å². The molecular weight excluding hydrogens is 354 g/mol. The fraction of sp³-hybridized carbons (Fsp3) is 0.222. The molecule has 3 rings (SSSR count). The Morgan fingerprint density at radius 2 is 1.96 bits per heavy atom. The molecule has 2 heterocycles. The third kappa shape index (κ3) is 3.01. The molecule has 0 bridgehead atoms. The molecule has 1 aromatic carbocycles. The van der Waals surface area contributed by atoms with Crippen molar-refractivity contribution >= 4 is 33.2 Å². The molecule has 1 amide bonds. The highest BCUT2D eigenvalue weighted by molar-refractivity contribution is 9.10. The number of nitrogens with one attached hydrogen (secondary N) is 1. The predicted molar refractivity (Wildman–Crippen MR) is 96.1 cm³/mol. The molecule has 2 aromatic heterocycles. The van der Waals surface area contributed by atoms with E-state index in [9.17, 15) is 4.79 Å². The molecule has 118 valence electrons. The Morgan fingerprint density at radius 1 is 1.26 bits per heavy atom. The minimum absolute atomic E-state index is 0.156. The Bertz CT molecular complexity index is 881. The Hall–Kier alpha value is -2.14. The van der Waals surface area contributed by atoms with Crippen LogP contribution in [0.4, 0.5) is 5.69 Å². The van der Waals surface area contributed by atoms with Crippen LogP contribution in [-0.2, 0) is 6.42 Å². The maximum absolute atomic E-state index is 12.7. The van der Waals surface area contributed by atoms with Gasteiger partial charge < -0.3 is 5.32 Å². The number of nitrogens with zero attached hydrogens (tertiary/aromatic N) is 2. The molecule has 0 atom stereocenters. The molecule has 0 aliphatic carbocycles. The summed E-state index contributed by atoms with van der Waals surface area (Å²) >= 11 is 3.48. The second-order valence-corrected chi connectivity index (χ2v) is 6.50. The molecule has 0 fully saturated rings. The molecule has 0 aliphatic heterocycles. The van der Waals surface area contributed by atoms with E-state index in [0.717, 1.165) is 27.8 Å². The lowest BCUT2D eigenvalue weighted by atomic mass is 10.1. The van der Waals surface area contributed by atoms with Crippen molar-refractivity contribution in [2.24, 2.45) is 0 Å². The van der Waals surface area contributed by atoms with Crippen LogP contribution in [0.3, 0.4) is 0 Å². The summed E-state index contributed by atoms with van der Waals surface area (Å²) in [6.45, 7) is 5.95. The molecule has 5 heteroatoms. The minimum Gasteiger partial charge on any atom is -0.321 e. The predicted octanol–water partition coefficient (Wildman–Crippen LogP) is 4.53. The molecule has 0 radical (unpaired) electrons. The zero-order chi connectivity index (χ0) is 16.6. The summed E-state index contributed by atoms with van der Waals surface area (Å²) in [7, 11) is 0. The quantitative estimate of drug-likeness (QED) is 0.734. The van der Waals surface area contributed by atoms with Crippen LogP contribution < -0.4 is 5.32 Å². The molecule has 0 unspecified atom stereocenters. The summed E-state index contributed by atoms with van der Waals surface area (Å²) in [5, 5.41) is 2.95. The van der Waals surface area contributed by atoms with E-state index in [-0.39, 0.29) is 5.91 Å². The van der Waals surface area contributed by atoms with Gasteiger partial charge in [-0.05, 0) is 65.5 Å². The van der Waals surface area contributed by atoms with Gasteiger partial charge in [0.15, 0.2) is 0 Å². The monoisotopic (exact) mass is 371 g/mol. The molecule has 1 N–H and O–H groups in total. The molecular formula is C18H18BrN3O. The molecule has 0 saturated heterocycles. The lowest BCUT2D eigenvalue weighted by Gasteiger charge is -2.08. The van der Waals surface area contributed by atoms with Gasteiger partial charge in [0.05, 0.1) is 5.69 Å². The lowest BCUT2D eigenvalue weighted by molar-refractivity contribution is 0.102. The van der Waals surface area contributed by atoms with Gasteiger partial charge in [0.25, 0.3) is 5.91 Å². The normalized spacial score (nSPS) is 11.0. The molecule has 0 spiro atoms. The molecule has 0 aliphatic rings. The van der Waals surface area contributed by atoms with Crippen molar-refractivity contribution < 1.29 is 4.79 Å². The highest BCUT2D eigenvalue weighted by Gasteiger charge is 2.18. The third-order valence-electron chi connectivity index (χ3n) is 3.88. The number of benzene rings is 1. The van der Waals surface area contributed by atoms with Gasteiger partial charge in [-0.3, -0.25) is 9.20 Å². The van der Waals surface area contributed by atoms with E-state index in [1.165, 1.54) is 5.56 Å². The summed E-state index contributed by atoms with van der Waals surface area (Å²) in [5.74, 6) is -0.156. The number of rotatable bonds is 3. The molecule has 4 nitrogen and oxygen atoms in total. The zero-order valence-corrected chi connectivity index (χ0v) is 14.9. The SMILES string of the molecule is CCc1ccc(NC(=O)c2c(C)nc3c(C)cc(Br)cn23)cc1. The van der Waals surface area contributed by atoms with E-state index < -0.39 is 0 Å². The number of aromatic nitrogens is 2. The van der Waals surface area contributed by atoms with E-state index >= 15 is 0 Å². The zero-order valence-electron chi connectivity index (χ0n) is 13.4. The Balaban J connectivity index is 1.98. The Labute approximate surface area is 143 Å². The first kappa shape index (κ1) is 15.7. The first-order chi connectivity index (χ1) is 11.0. The maximum Gasteiger partial charge on any atom is 0.274 e. The van der Waals surface area contributed by atoms with Crippen molar-refractivity contribution in [3.63, 3.8) is 0 Å². The smallest absolute Gasteiger partial charge is 0.274 e. The summed E-state index contributed by atoms with van der Waals surface area (Å²) in [5.41, 5.74) is 5.13. The Kier molecular flexibility index (Phi) is 4.22. The number of imidazole rings is 1. The number of aryl methyl sites for hydroxylation is 3. The average molecular weight is 372 g/mol. The fourth-order valence-electron chi connectivity index (χ4n) is 2.67. The number of carbonyl (C=O) groups is 1. The van der Waals surface area contributed by atoms with Crippen molar-refractivity contribution in [1.29, 1.82) is 0 Å². The first-order valence-electron chi connectivity index (χ1n) is 7.54. The minimum atomic E-state index is -0.156. The summed E-state index contributed by atoms with van der Waals surface area (Å²) in [6, 6.07) is 9.90. The van der Waals surface area contributed by atoms with Crippen LogP contribution in [0, 0.1) is 13.8 Å². The van der Waals surface area contributed by atoms with Gasteiger partial charge in [-0.1, -0.05) is 19.1 Å². The van der Waals surface area contributed by atoms with E-state index in [0.29, 0.717) is 11.4 Å². The van der Waals surface area contributed by atoms with E-state index in [2.05, 4.69) is 33.2 Å². The van der Waals surface area contributed by atoms with Crippen molar-refractivity contribution in [2.45, 2.75) is 27.2 Å². The Morgan fingerprint density at radius 3 is 2.61 bits per heavy atom. The van der Waals surface area contributed by atoms with E-state index in [1.54, 1.807) is 0 Å². The van der Waals surface area contributed by atoms with Gasteiger partial charge in [-0.15, -0.1) is 0 Å². The maximum atomic E-state index is 12.7. The number of pyridine rings is 1. The standard InChI is InChI=1S/C18H18BrN3O/c1-4-13-5-7-15(8-6-13)21-18(23)16-12(3)20-17-11(2)9-14(19)10-22(16)17/h5-10H,4H2,1-3H3,(H,21,23). The first-order valence-corrected chi connectivity index (χ1v) is 8.34. The van der Waals surface area contributed by atoms with Crippen molar-refractivity contribution in [1.82, 2.24) is 9.38 Å². The highest BCUT2D eigenvalue weighted by Crippen LogP contribution is 2.21. The van der Waals surface area contributed by atoms with Crippen LogP contribution >= 0.6 is 15.9 Å². The van der Waals surface area contributed by atoms with Crippen LogP contribution in [0.25, 0.3) is 5.65 Å². The van der Waals surface area contributed by atoms with E-state index in [4.69, 9.17) is 0 Å². The summed E-state index contributed by atoms with van der Waals surface area (Å²) < 4.78 is 2.76. The average Bonchev–Trinajstić information content (AvgIpc) is 2.84. The summed E-state index contributed by atoms with van der Waals surface area (Å²) in [6.07, 6.45) is 2.85. The number of halogens is 1. The van der Waals surface area contributed by atoms with Crippen LogP contribution in [0.1, 0.15) is 34.2 Å². The van der Waals surface area contributed by atoms with Gasteiger partial charge in [0.2, 0.25) is 0 Å². The van der Waals surface area contributed by atoms with Crippen molar-refractivity contribution in [2.75, 3.05) is 5.32 Å². The molecule has 3 aromatic rings. The van der Waals surface area contributed by atoms with Gasteiger partial charge >= 0.3 is 0 Å². The van der Waals surface area contributed by atoms with Gasteiger partial charge in [-0.2, -0.15) is 0 Å². The van der Waals surface area contributed by atoms with Gasteiger partial charge in [0, 0.05) is 16.4 Å². The fourth-order valence-corrected chi connectivity index (χ4v) is 3.22. The van der Waals surface area contributed by atoms with Crippen LogP contribution in [0.15, 0.2) is 41.0 Å². The number of fused-ring (bicyclic) bond motifs is 1. The second-order valence-electron chi connectivity index (χ2n) is 5.59. The third-order valence-corrected chi connectivity index (χ3v) is 4.31. The van der Waals surface area contributed by atoms with Gasteiger partial charge in [-0.25, -0.2) is 4.98 Å². The van der Waals surface area contributed by atoms with Crippen LogP contribution in [-0.4, -0.2) is 15.3 Å². The molecule has 23 heavy (non-hydrogen) atoms. The lowest BCUT2D eigenvalue weighted by Crippen LogP contribution is -2.15. The highest BCUT2D eigenvalue weighted by atomic mass is 79.9. The number of amides is 1. The number of carbonyl (C=O) groups excluding carboxylic acids is 1. The van der Waals surface area contributed by atoms with Crippen LogP contribution in [0.5, 0.6) is 0 Å². The summed E-state index contributed by atoms with van der Waals surface area (Å²) in [4.78, 5) is 17.2. The van der Waals surface area contributed by atoms with Crippen molar-refractivity contribution in [3.8, 4) is 0 Å². The van der Waals surface area contributed by atoms with E-state index in [1.807, 2.05) is 54.8 Å². The van der Waals surface area contributed by atoms with Crippen LogP contribution in [0.2, 0.25) is 0 Å². The number of hydrogen-bond acceptors (Lipinski definition) is 2. The largest absolute Gasteiger partial charge is 0.321 e. The van der Waals surface area contributed by atoms with Crippen molar-refractivity contribution in [3.05, 3.63) is 63.5 Å². The molecule has 0 saturated carbocycles. The number of hydrogen-bond donors (Lipinski definition) is 1. The second kappa shape index (κ2) is 6.16. The van der Waals surface area contributed by atoms with Gasteiger partial charge in [0.1, 0.15) is 11.3 Å². The number of anilines is 1.